The van der Waals surface area contributed by atoms with Gasteiger partial charge in [0.2, 0.25) is 0 Å². The van der Waals surface area contributed by atoms with Gasteiger partial charge in [0.05, 0.1) is 5.38 Å². The topological polar surface area (TPSA) is 0 Å². The second kappa shape index (κ2) is 5.90. The molecule has 0 saturated carbocycles. The van der Waals surface area contributed by atoms with E-state index in [9.17, 15) is 0 Å². The molecule has 0 N–H and O–H groups in total. The van der Waals surface area contributed by atoms with Gasteiger partial charge in [-0.15, -0.1) is 49.5 Å². The SMILES string of the molecule is CCCCCC(Cl)C(S)(S)S. The first-order valence-corrected chi connectivity index (χ1v) is 5.57. The molecule has 1 atom stereocenters. The highest BCUT2D eigenvalue weighted by Crippen LogP contribution is 2.34. The lowest BCUT2D eigenvalue weighted by Gasteiger charge is -2.21. The molecule has 68 valence electrons. The van der Waals surface area contributed by atoms with E-state index >= 15 is 0 Å². The Balaban J connectivity index is 3.44. The first-order chi connectivity index (χ1) is 4.98. The van der Waals surface area contributed by atoms with Gasteiger partial charge in [0.15, 0.2) is 0 Å². The average Bonchev–Trinajstić information content (AvgIpc) is 1.86. The third-order valence-corrected chi connectivity index (χ3v) is 3.42. The summed E-state index contributed by atoms with van der Waals surface area (Å²) in [5.41, 5.74) is 0. The van der Waals surface area contributed by atoms with Crippen LogP contribution in [0, 0.1) is 0 Å². The van der Waals surface area contributed by atoms with E-state index in [1.54, 1.807) is 0 Å². The Morgan fingerprint density at radius 3 is 2.18 bits per heavy atom. The summed E-state index contributed by atoms with van der Waals surface area (Å²) in [5, 5.41) is -0.0657. The summed E-state index contributed by atoms with van der Waals surface area (Å²) >= 11 is 18.4. The Hall–Kier alpha value is 1.34. The molecule has 0 aliphatic carbocycles. The van der Waals surface area contributed by atoms with Crippen LogP contribution in [0.25, 0.3) is 0 Å². The van der Waals surface area contributed by atoms with Crippen molar-refractivity contribution in [1.82, 2.24) is 0 Å². The van der Waals surface area contributed by atoms with Gasteiger partial charge in [-0.3, -0.25) is 0 Å². The Labute approximate surface area is 90.7 Å². The summed E-state index contributed by atoms with van der Waals surface area (Å²) in [5.74, 6) is 0. The number of rotatable bonds is 5. The maximum atomic E-state index is 5.96. The molecule has 0 saturated heterocycles. The third-order valence-electron chi connectivity index (χ3n) is 1.48. The standard InChI is InChI=1S/C7H15ClS3/c1-2-3-4-5-6(8)7(9,10)11/h6,9-11H,2-5H2,1H3. The second-order valence-corrected chi connectivity index (χ2v) is 6.35. The minimum Gasteiger partial charge on any atom is -0.150 e. The third kappa shape index (κ3) is 6.50. The average molecular weight is 231 g/mol. The number of halogens is 1. The van der Waals surface area contributed by atoms with Crippen LogP contribution in [0.3, 0.4) is 0 Å². The summed E-state index contributed by atoms with van der Waals surface area (Å²) in [7, 11) is 0. The number of thiol groups is 3. The van der Waals surface area contributed by atoms with Crippen LogP contribution < -0.4 is 0 Å². The maximum Gasteiger partial charge on any atom is 0.115 e. The minimum atomic E-state index is -0.644. The molecule has 0 aliphatic rings. The van der Waals surface area contributed by atoms with Crippen molar-refractivity contribution in [1.29, 1.82) is 0 Å². The fourth-order valence-electron chi connectivity index (χ4n) is 0.767. The fourth-order valence-corrected chi connectivity index (χ4v) is 1.31. The van der Waals surface area contributed by atoms with E-state index in [1.807, 2.05) is 0 Å². The van der Waals surface area contributed by atoms with Gasteiger partial charge < -0.3 is 0 Å². The van der Waals surface area contributed by atoms with E-state index in [1.165, 1.54) is 12.8 Å². The van der Waals surface area contributed by atoms with E-state index < -0.39 is 3.41 Å². The van der Waals surface area contributed by atoms with Crippen molar-refractivity contribution >= 4 is 49.5 Å². The Kier molecular flexibility index (Phi) is 6.61. The van der Waals surface area contributed by atoms with Crippen LogP contribution in [-0.2, 0) is 0 Å². The number of hydrogen-bond acceptors (Lipinski definition) is 3. The largest absolute Gasteiger partial charge is 0.150 e. The molecular weight excluding hydrogens is 216 g/mol. The number of alkyl halides is 1. The van der Waals surface area contributed by atoms with Crippen LogP contribution in [0.4, 0.5) is 0 Å². The Morgan fingerprint density at radius 2 is 1.82 bits per heavy atom. The zero-order valence-electron chi connectivity index (χ0n) is 6.63. The molecule has 0 aliphatic heterocycles. The smallest absolute Gasteiger partial charge is 0.115 e. The van der Waals surface area contributed by atoms with Crippen molar-refractivity contribution in [2.45, 2.75) is 41.4 Å². The highest BCUT2D eigenvalue weighted by molar-refractivity contribution is 8.17. The van der Waals surface area contributed by atoms with E-state index in [0.717, 1.165) is 12.8 Å². The zero-order chi connectivity index (χ0) is 8.91. The predicted octanol–water partition coefficient (Wildman–Crippen LogP) is 3.62. The lowest BCUT2D eigenvalue weighted by atomic mass is 10.2. The van der Waals surface area contributed by atoms with Crippen LogP contribution >= 0.6 is 49.5 Å². The van der Waals surface area contributed by atoms with E-state index in [-0.39, 0.29) is 5.38 Å². The first-order valence-electron chi connectivity index (χ1n) is 3.79. The molecule has 0 aromatic carbocycles. The monoisotopic (exact) mass is 230 g/mol. The molecule has 0 nitrogen and oxygen atoms in total. The van der Waals surface area contributed by atoms with Crippen molar-refractivity contribution < 1.29 is 0 Å². The lowest BCUT2D eigenvalue weighted by molar-refractivity contribution is 0.652. The molecule has 0 heterocycles. The quantitative estimate of drug-likeness (QED) is 0.273. The molecule has 0 rings (SSSR count). The van der Waals surface area contributed by atoms with Crippen molar-refractivity contribution in [2.24, 2.45) is 0 Å². The molecule has 0 fully saturated rings. The van der Waals surface area contributed by atoms with Gasteiger partial charge in [-0.1, -0.05) is 26.2 Å². The number of hydrogen-bond donors (Lipinski definition) is 3. The molecule has 0 aromatic rings. The summed E-state index contributed by atoms with van der Waals surface area (Å²) in [6, 6.07) is 0. The fraction of sp³-hybridized carbons (Fsp3) is 1.00. The molecular formula is C7H15ClS3. The minimum absolute atomic E-state index is 0.0657. The van der Waals surface area contributed by atoms with Crippen molar-refractivity contribution in [3.63, 3.8) is 0 Å². The molecule has 4 heteroatoms. The van der Waals surface area contributed by atoms with Crippen LogP contribution in [0.2, 0.25) is 0 Å². The molecule has 0 spiro atoms. The van der Waals surface area contributed by atoms with Gasteiger partial charge in [0, 0.05) is 0 Å². The van der Waals surface area contributed by atoms with Crippen molar-refractivity contribution in [3.8, 4) is 0 Å². The molecule has 0 bridgehead atoms. The van der Waals surface area contributed by atoms with Crippen molar-refractivity contribution in [3.05, 3.63) is 0 Å². The maximum absolute atomic E-state index is 5.96. The van der Waals surface area contributed by atoms with Crippen LogP contribution in [0.1, 0.15) is 32.6 Å². The van der Waals surface area contributed by atoms with Crippen LogP contribution in [-0.4, -0.2) is 8.79 Å². The van der Waals surface area contributed by atoms with Crippen LogP contribution in [0.5, 0.6) is 0 Å². The van der Waals surface area contributed by atoms with Gasteiger partial charge in [0.1, 0.15) is 3.41 Å². The lowest BCUT2D eigenvalue weighted by Crippen LogP contribution is -2.19. The Morgan fingerprint density at radius 1 is 1.27 bits per heavy atom. The van der Waals surface area contributed by atoms with Gasteiger partial charge >= 0.3 is 0 Å². The van der Waals surface area contributed by atoms with Gasteiger partial charge in [0.25, 0.3) is 0 Å². The molecule has 0 aromatic heterocycles. The first kappa shape index (κ1) is 12.3. The van der Waals surface area contributed by atoms with E-state index in [4.69, 9.17) is 11.6 Å². The van der Waals surface area contributed by atoms with Gasteiger partial charge in [-0.2, -0.15) is 0 Å². The molecule has 0 radical (unpaired) electrons. The van der Waals surface area contributed by atoms with Crippen molar-refractivity contribution in [2.75, 3.05) is 0 Å². The summed E-state index contributed by atoms with van der Waals surface area (Å²) in [6.07, 6.45) is 4.50. The van der Waals surface area contributed by atoms with Crippen LogP contribution in [0.15, 0.2) is 0 Å². The molecule has 1 unspecified atom stereocenters. The summed E-state index contributed by atoms with van der Waals surface area (Å²) < 4.78 is -0.644. The van der Waals surface area contributed by atoms with Gasteiger partial charge in [-0.25, -0.2) is 0 Å². The predicted molar refractivity (Wildman–Crippen MR) is 63.5 cm³/mol. The zero-order valence-corrected chi connectivity index (χ0v) is 10.1. The summed E-state index contributed by atoms with van der Waals surface area (Å²) in [4.78, 5) is 0. The van der Waals surface area contributed by atoms with E-state index in [2.05, 4.69) is 44.8 Å². The molecule has 0 amide bonds. The summed E-state index contributed by atoms with van der Waals surface area (Å²) in [6.45, 7) is 2.17. The van der Waals surface area contributed by atoms with E-state index in [0.29, 0.717) is 0 Å². The second-order valence-electron chi connectivity index (χ2n) is 2.65. The number of unbranched alkanes of at least 4 members (excludes halogenated alkanes) is 2. The Bertz CT molecular complexity index is 100. The normalized spacial score (nSPS) is 15.0. The highest BCUT2D eigenvalue weighted by atomic mass is 35.5. The highest BCUT2D eigenvalue weighted by Gasteiger charge is 2.24. The molecule has 11 heavy (non-hydrogen) atoms. The van der Waals surface area contributed by atoms with Gasteiger partial charge in [-0.05, 0) is 6.42 Å².